The smallest absolute Gasteiger partial charge is 0.411 e. The van der Waals surface area contributed by atoms with Crippen LogP contribution in [0.1, 0.15) is 20.8 Å². The Bertz CT molecular complexity index is 328. The lowest BCUT2D eigenvalue weighted by atomic mass is 10.2. The molecule has 19 heavy (non-hydrogen) atoms. The molecule has 2 N–H and O–H groups in total. The van der Waals surface area contributed by atoms with Crippen molar-refractivity contribution in [2.24, 2.45) is 5.73 Å². The first-order valence-electron chi connectivity index (χ1n) is 5.90. The summed E-state index contributed by atoms with van der Waals surface area (Å²) in [7, 11) is 0. The Morgan fingerprint density at radius 2 is 1.89 bits per heavy atom. The molecular weight excluding hydrogens is 265 g/mol. The van der Waals surface area contributed by atoms with E-state index in [0.29, 0.717) is 0 Å². The minimum atomic E-state index is -4.40. The number of nitrogens with zero attached hydrogens (tertiary/aromatic N) is 1. The van der Waals surface area contributed by atoms with Crippen LogP contribution in [0.2, 0.25) is 0 Å². The van der Waals surface area contributed by atoms with Crippen molar-refractivity contribution in [3.63, 3.8) is 0 Å². The number of alkyl halides is 3. The zero-order chi connectivity index (χ0) is 14.8. The second kappa shape index (κ2) is 5.54. The molecule has 1 aliphatic heterocycles. The first kappa shape index (κ1) is 16.0. The lowest BCUT2D eigenvalue weighted by Crippen LogP contribution is -2.37. The van der Waals surface area contributed by atoms with Crippen molar-refractivity contribution in [1.29, 1.82) is 0 Å². The minimum Gasteiger partial charge on any atom is -0.444 e. The molecule has 0 saturated carbocycles. The monoisotopic (exact) mass is 284 g/mol. The molecule has 0 bridgehead atoms. The molecule has 2 atom stereocenters. The Balaban J connectivity index is 2.48. The third-order valence-electron chi connectivity index (χ3n) is 2.42. The molecule has 1 fully saturated rings. The number of carbonyl (C=O) groups excluding carboxylic acids is 1. The maximum Gasteiger partial charge on any atom is 0.411 e. The second-order valence-electron chi connectivity index (χ2n) is 5.51. The van der Waals surface area contributed by atoms with Gasteiger partial charge in [0.15, 0.2) is 0 Å². The van der Waals surface area contributed by atoms with E-state index in [1.807, 2.05) is 0 Å². The Kier molecular flexibility index (Phi) is 4.67. The van der Waals surface area contributed by atoms with E-state index < -0.39 is 36.6 Å². The van der Waals surface area contributed by atoms with Crippen LogP contribution in [0.5, 0.6) is 0 Å². The third-order valence-corrected chi connectivity index (χ3v) is 2.42. The maximum atomic E-state index is 12.0. The molecule has 0 spiro atoms. The molecule has 1 heterocycles. The fourth-order valence-electron chi connectivity index (χ4n) is 1.65. The molecule has 0 aliphatic carbocycles. The molecular formula is C11H19F3N2O3. The summed E-state index contributed by atoms with van der Waals surface area (Å²) < 4.78 is 45.9. The number of likely N-dealkylation sites (tertiary alicyclic amines) is 1. The highest BCUT2D eigenvalue weighted by atomic mass is 19.4. The normalized spacial score (nSPS) is 24.7. The summed E-state index contributed by atoms with van der Waals surface area (Å²) in [6.07, 6.45) is -5.82. The number of amides is 1. The number of rotatable bonds is 2. The van der Waals surface area contributed by atoms with Gasteiger partial charge in [0, 0.05) is 6.54 Å². The summed E-state index contributed by atoms with van der Waals surface area (Å²) in [6, 6.07) is -0.644. The predicted octanol–water partition coefficient (Wildman–Crippen LogP) is 1.51. The van der Waals surface area contributed by atoms with Gasteiger partial charge in [0.1, 0.15) is 12.2 Å². The van der Waals surface area contributed by atoms with Crippen molar-refractivity contribution >= 4 is 6.09 Å². The fourth-order valence-corrected chi connectivity index (χ4v) is 1.65. The molecule has 1 amide bonds. The molecule has 0 aromatic rings. The summed E-state index contributed by atoms with van der Waals surface area (Å²) in [5.41, 5.74) is 5.00. The second-order valence-corrected chi connectivity index (χ2v) is 5.51. The van der Waals surface area contributed by atoms with Crippen LogP contribution >= 0.6 is 0 Å². The Morgan fingerprint density at radius 3 is 2.37 bits per heavy atom. The van der Waals surface area contributed by atoms with E-state index in [1.165, 1.54) is 4.90 Å². The van der Waals surface area contributed by atoms with Crippen molar-refractivity contribution in [2.75, 3.05) is 19.7 Å². The van der Waals surface area contributed by atoms with Gasteiger partial charge in [-0.15, -0.1) is 0 Å². The summed E-state index contributed by atoms with van der Waals surface area (Å²) in [6.45, 7) is 3.88. The van der Waals surface area contributed by atoms with Gasteiger partial charge in [-0.25, -0.2) is 4.79 Å². The highest BCUT2D eigenvalue weighted by Crippen LogP contribution is 2.20. The Labute approximate surface area is 109 Å². The first-order valence-corrected chi connectivity index (χ1v) is 5.90. The molecule has 0 radical (unpaired) electrons. The number of carbonyl (C=O) groups is 1. The zero-order valence-electron chi connectivity index (χ0n) is 11.2. The number of ether oxygens (including phenoxy) is 2. The maximum absolute atomic E-state index is 12.0. The van der Waals surface area contributed by atoms with Crippen molar-refractivity contribution in [3.8, 4) is 0 Å². The van der Waals surface area contributed by atoms with Gasteiger partial charge in [-0.3, -0.25) is 0 Å². The van der Waals surface area contributed by atoms with Crippen molar-refractivity contribution < 1.29 is 27.4 Å². The van der Waals surface area contributed by atoms with Crippen LogP contribution in [0.4, 0.5) is 18.0 Å². The van der Waals surface area contributed by atoms with E-state index in [4.69, 9.17) is 15.2 Å². The van der Waals surface area contributed by atoms with Crippen LogP contribution in [0.15, 0.2) is 0 Å². The third kappa shape index (κ3) is 5.65. The summed E-state index contributed by atoms with van der Waals surface area (Å²) in [5.74, 6) is 0. The van der Waals surface area contributed by atoms with Gasteiger partial charge in [0.2, 0.25) is 0 Å². The van der Waals surface area contributed by atoms with Crippen LogP contribution in [-0.2, 0) is 9.47 Å². The zero-order valence-corrected chi connectivity index (χ0v) is 11.2. The largest absolute Gasteiger partial charge is 0.444 e. The molecule has 8 heteroatoms. The van der Waals surface area contributed by atoms with Crippen molar-refractivity contribution in [1.82, 2.24) is 4.90 Å². The van der Waals surface area contributed by atoms with Crippen molar-refractivity contribution in [3.05, 3.63) is 0 Å². The topological polar surface area (TPSA) is 64.8 Å². The molecule has 1 aliphatic rings. The predicted molar refractivity (Wildman–Crippen MR) is 61.6 cm³/mol. The van der Waals surface area contributed by atoms with Crippen molar-refractivity contribution in [2.45, 2.75) is 44.7 Å². The van der Waals surface area contributed by atoms with E-state index in [-0.39, 0.29) is 13.1 Å². The van der Waals surface area contributed by atoms with Gasteiger partial charge >= 0.3 is 12.3 Å². The fraction of sp³-hybridized carbons (Fsp3) is 0.909. The summed E-state index contributed by atoms with van der Waals surface area (Å²) in [5, 5.41) is 0. The highest BCUT2D eigenvalue weighted by Gasteiger charge is 2.38. The van der Waals surface area contributed by atoms with Gasteiger partial charge in [-0.05, 0) is 20.8 Å². The van der Waals surface area contributed by atoms with Crippen LogP contribution in [-0.4, -0.2) is 54.6 Å². The molecule has 112 valence electrons. The van der Waals surface area contributed by atoms with E-state index >= 15 is 0 Å². The van der Waals surface area contributed by atoms with Gasteiger partial charge in [-0.2, -0.15) is 13.2 Å². The van der Waals surface area contributed by atoms with E-state index in [2.05, 4.69) is 0 Å². The number of halogens is 3. The lowest BCUT2D eigenvalue weighted by Gasteiger charge is -2.24. The van der Waals surface area contributed by atoms with E-state index in [1.54, 1.807) is 20.8 Å². The lowest BCUT2D eigenvalue weighted by molar-refractivity contribution is -0.184. The first-order chi connectivity index (χ1) is 8.48. The van der Waals surface area contributed by atoms with Gasteiger partial charge < -0.3 is 20.1 Å². The summed E-state index contributed by atoms with van der Waals surface area (Å²) in [4.78, 5) is 13.0. The number of nitrogens with two attached hydrogens (primary N) is 1. The van der Waals surface area contributed by atoms with Gasteiger partial charge in [-0.1, -0.05) is 0 Å². The molecule has 5 nitrogen and oxygen atoms in total. The average Bonchev–Trinajstić information content (AvgIpc) is 2.53. The number of hydrogen-bond acceptors (Lipinski definition) is 4. The molecule has 0 aromatic carbocycles. The van der Waals surface area contributed by atoms with Gasteiger partial charge in [0.25, 0.3) is 0 Å². The number of hydrogen-bond donors (Lipinski definition) is 1. The molecule has 1 rings (SSSR count). The van der Waals surface area contributed by atoms with Crippen LogP contribution < -0.4 is 5.73 Å². The molecule has 0 aromatic heterocycles. The average molecular weight is 284 g/mol. The van der Waals surface area contributed by atoms with E-state index in [0.717, 1.165) is 0 Å². The van der Waals surface area contributed by atoms with E-state index in [9.17, 15) is 18.0 Å². The Morgan fingerprint density at radius 1 is 1.32 bits per heavy atom. The molecule has 1 saturated heterocycles. The summed E-state index contributed by atoms with van der Waals surface area (Å²) >= 11 is 0. The van der Waals surface area contributed by atoms with Crippen LogP contribution in [0, 0.1) is 0 Å². The Hall–Kier alpha value is -1.02. The highest BCUT2D eigenvalue weighted by molar-refractivity contribution is 5.68. The quantitative estimate of drug-likeness (QED) is 0.835. The van der Waals surface area contributed by atoms with Crippen LogP contribution in [0.25, 0.3) is 0 Å². The van der Waals surface area contributed by atoms with Gasteiger partial charge in [0.05, 0.1) is 18.7 Å². The molecule has 2 unspecified atom stereocenters. The SMILES string of the molecule is CC(C)(C)OC(=O)N1CC(N)C(OCC(F)(F)F)C1. The van der Waals surface area contributed by atoms with Crippen LogP contribution in [0.3, 0.4) is 0 Å². The standard InChI is InChI=1S/C11H19F3N2O3/c1-10(2,3)19-9(17)16-4-7(15)8(5-16)18-6-11(12,13)14/h7-8H,4-6,15H2,1-3H3. The minimum absolute atomic E-state index is 0.00611.